The Morgan fingerprint density at radius 1 is 1.21 bits per heavy atom. The lowest BCUT2D eigenvalue weighted by atomic mass is 10.1. The molecular weight excluding hydrogens is 286 g/mol. The predicted molar refractivity (Wildman–Crippen MR) is 75.1 cm³/mol. The molecule has 0 aliphatic rings. The number of carboxylic acids is 1. The average Bonchev–Trinajstić information content (AvgIpc) is 2.80. The number of thiophene rings is 1. The van der Waals surface area contributed by atoms with Crippen LogP contribution in [0.5, 0.6) is 0 Å². The van der Waals surface area contributed by atoms with E-state index in [1.165, 1.54) is 16.7 Å². The average molecular weight is 296 g/mol. The van der Waals surface area contributed by atoms with Gasteiger partial charge in [0.05, 0.1) is 17.7 Å². The highest BCUT2D eigenvalue weighted by Crippen LogP contribution is 2.21. The minimum atomic E-state index is -1.05. The lowest BCUT2D eigenvalue weighted by Gasteiger charge is -2.05. The minimum Gasteiger partial charge on any atom is -0.478 e. The van der Waals surface area contributed by atoms with E-state index in [2.05, 4.69) is 5.32 Å². The molecule has 2 N–H and O–H groups in total. The number of aromatic carboxylic acids is 1. The molecule has 19 heavy (non-hydrogen) atoms. The van der Waals surface area contributed by atoms with Crippen LogP contribution in [0.3, 0.4) is 0 Å². The van der Waals surface area contributed by atoms with Gasteiger partial charge in [0.2, 0.25) is 5.91 Å². The normalized spacial score (nSPS) is 10.2. The highest BCUT2D eigenvalue weighted by atomic mass is 35.5. The smallest absolute Gasteiger partial charge is 0.338 e. The maximum atomic E-state index is 11.8. The van der Waals surface area contributed by atoms with E-state index in [0.717, 1.165) is 5.56 Å². The first-order chi connectivity index (χ1) is 9.06. The van der Waals surface area contributed by atoms with Crippen LogP contribution in [-0.2, 0) is 11.2 Å². The fraction of sp³-hybridized carbons (Fsp3) is 0.0769. The van der Waals surface area contributed by atoms with E-state index in [1.807, 2.05) is 0 Å². The molecule has 1 aromatic carbocycles. The zero-order chi connectivity index (χ0) is 13.8. The molecule has 0 unspecified atom stereocenters. The van der Waals surface area contributed by atoms with E-state index in [0.29, 0.717) is 10.7 Å². The molecule has 2 aromatic rings. The van der Waals surface area contributed by atoms with Crippen LogP contribution in [0.1, 0.15) is 15.9 Å². The maximum absolute atomic E-state index is 11.8. The van der Waals surface area contributed by atoms with E-state index in [4.69, 9.17) is 16.7 Å². The number of hydrogen-bond donors (Lipinski definition) is 2. The third-order valence-electron chi connectivity index (χ3n) is 2.44. The van der Waals surface area contributed by atoms with Gasteiger partial charge in [-0.2, -0.15) is 0 Å². The van der Waals surface area contributed by atoms with Gasteiger partial charge in [-0.25, -0.2) is 4.79 Å². The number of benzene rings is 1. The summed E-state index contributed by atoms with van der Waals surface area (Å²) in [6, 6.07) is 6.93. The highest BCUT2D eigenvalue weighted by molar-refractivity contribution is 7.08. The molecule has 0 atom stereocenters. The lowest BCUT2D eigenvalue weighted by Crippen LogP contribution is -2.15. The minimum absolute atomic E-state index is 0.106. The molecule has 0 spiro atoms. The van der Waals surface area contributed by atoms with Crippen LogP contribution >= 0.6 is 22.9 Å². The number of carbonyl (C=O) groups excluding carboxylic acids is 1. The summed E-state index contributed by atoms with van der Waals surface area (Å²) in [6.07, 6.45) is 0.173. The van der Waals surface area contributed by atoms with Crippen molar-refractivity contribution in [2.24, 2.45) is 0 Å². The molecule has 0 fully saturated rings. The van der Waals surface area contributed by atoms with Gasteiger partial charge in [0, 0.05) is 15.8 Å². The van der Waals surface area contributed by atoms with Gasteiger partial charge < -0.3 is 10.4 Å². The van der Waals surface area contributed by atoms with Crippen LogP contribution < -0.4 is 5.32 Å². The molecule has 1 heterocycles. The van der Waals surface area contributed by atoms with Crippen molar-refractivity contribution in [1.29, 1.82) is 0 Å². The van der Waals surface area contributed by atoms with Crippen molar-refractivity contribution in [3.05, 3.63) is 51.2 Å². The Morgan fingerprint density at radius 2 is 1.89 bits per heavy atom. The van der Waals surface area contributed by atoms with E-state index in [1.54, 1.807) is 29.6 Å². The standard InChI is InChI=1S/C13H10ClNO3S/c14-9-3-1-8(2-4-9)5-12(16)15-11-7-19-6-10(11)13(17)18/h1-4,6-7H,5H2,(H,15,16)(H,17,18). The predicted octanol–water partition coefficient (Wildman–Crippen LogP) is 3.28. The summed E-state index contributed by atoms with van der Waals surface area (Å²) in [5, 5.41) is 15.2. The Bertz CT molecular complexity index is 607. The van der Waals surface area contributed by atoms with Gasteiger partial charge in [-0.15, -0.1) is 11.3 Å². The van der Waals surface area contributed by atoms with Crippen LogP contribution in [0, 0.1) is 0 Å². The van der Waals surface area contributed by atoms with Gasteiger partial charge >= 0.3 is 5.97 Å². The molecule has 2 rings (SSSR count). The summed E-state index contributed by atoms with van der Waals surface area (Å²) in [5.41, 5.74) is 1.25. The number of carbonyl (C=O) groups is 2. The van der Waals surface area contributed by atoms with Gasteiger partial charge in [-0.1, -0.05) is 23.7 Å². The monoisotopic (exact) mass is 295 g/mol. The topological polar surface area (TPSA) is 66.4 Å². The molecule has 98 valence electrons. The SMILES string of the molecule is O=C(Cc1ccc(Cl)cc1)Nc1cscc1C(=O)O. The summed E-state index contributed by atoms with van der Waals surface area (Å²) in [4.78, 5) is 22.7. The third kappa shape index (κ3) is 3.56. The van der Waals surface area contributed by atoms with E-state index in [9.17, 15) is 9.59 Å². The third-order valence-corrected chi connectivity index (χ3v) is 3.44. The summed E-state index contributed by atoms with van der Waals surface area (Å²) in [5.74, 6) is -1.31. The van der Waals surface area contributed by atoms with Gasteiger partial charge in [-0.3, -0.25) is 4.79 Å². The van der Waals surface area contributed by atoms with Crippen molar-refractivity contribution in [2.45, 2.75) is 6.42 Å². The lowest BCUT2D eigenvalue weighted by molar-refractivity contribution is -0.115. The second-order valence-corrected chi connectivity index (χ2v) is 5.04. The van der Waals surface area contributed by atoms with Crippen molar-refractivity contribution < 1.29 is 14.7 Å². The first-order valence-corrected chi connectivity index (χ1v) is 6.72. The number of nitrogens with one attached hydrogen (secondary N) is 1. The van der Waals surface area contributed by atoms with Crippen LogP contribution in [0.4, 0.5) is 5.69 Å². The Hall–Kier alpha value is -1.85. The number of carboxylic acid groups (broad SMARTS) is 1. The summed E-state index contributed by atoms with van der Waals surface area (Å²) < 4.78 is 0. The summed E-state index contributed by atoms with van der Waals surface area (Å²) >= 11 is 6.99. The maximum Gasteiger partial charge on any atom is 0.338 e. The Morgan fingerprint density at radius 3 is 2.53 bits per heavy atom. The quantitative estimate of drug-likeness (QED) is 0.909. The molecule has 1 aromatic heterocycles. The molecular formula is C13H10ClNO3S. The van der Waals surface area contributed by atoms with Crippen molar-refractivity contribution in [3.8, 4) is 0 Å². The van der Waals surface area contributed by atoms with Crippen molar-refractivity contribution in [1.82, 2.24) is 0 Å². The number of halogens is 1. The molecule has 0 aliphatic carbocycles. The van der Waals surface area contributed by atoms with Crippen LogP contribution in [0.25, 0.3) is 0 Å². The zero-order valence-electron chi connectivity index (χ0n) is 9.72. The van der Waals surface area contributed by atoms with Crippen LogP contribution in [0.15, 0.2) is 35.0 Å². The fourth-order valence-electron chi connectivity index (χ4n) is 1.54. The molecule has 4 nitrogen and oxygen atoms in total. The second-order valence-electron chi connectivity index (χ2n) is 3.86. The van der Waals surface area contributed by atoms with Gasteiger partial charge in [0.25, 0.3) is 0 Å². The Balaban J connectivity index is 2.03. The summed E-state index contributed by atoms with van der Waals surface area (Å²) in [6.45, 7) is 0. The van der Waals surface area contributed by atoms with E-state index < -0.39 is 5.97 Å². The van der Waals surface area contributed by atoms with Crippen LogP contribution in [0.2, 0.25) is 5.02 Å². The second kappa shape index (κ2) is 5.86. The van der Waals surface area contributed by atoms with Gasteiger partial charge in [-0.05, 0) is 17.7 Å². The van der Waals surface area contributed by atoms with Gasteiger partial charge in [0.1, 0.15) is 0 Å². The summed E-state index contributed by atoms with van der Waals surface area (Å²) in [7, 11) is 0. The van der Waals surface area contributed by atoms with Crippen molar-refractivity contribution >= 4 is 40.5 Å². The molecule has 0 saturated carbocycles. The first kappa shape index (κ1) is 13.6. The fourth-order valence-corrected chi connectivity index (χ4v) is 2.42. The van der Waals surface area contributed by atoms with Crippen molar-refractivity contribution in [3.63, 3.8) is 0 Å². The van der Waals surface area contributed by atoms with Crippen molar-refractivity contribution in [2.75, 3.05) is 5.32 Å². The molecule has 0 radical (unpaired) electrons. The highest BCUT2D eigenvalue weighted by Gasteiger charge is 2.13. The molecule has 0 bridgehead atoms. The van der Waals surface area contributed by atoms with Crippen LogP contribution in [-0.4, -0.2) is 17.0 Å². The van der Waals surface area contributed by atoms with E-state index >= 15 is 0 Å². The first-order valence-electron chi connectivity index (χ1n) is 5.40. The Labute approximate surface area is 118 Å². The molecule has 6 heteroatoms. The number of amides is 1. The number of hydrogen-bond acceptors (Lipinski definition) is 3. The number of anilines is 1. The largest absolute Gasteiger partial charge is 0.478 e. The van der Waals surface area contributed by atoms with Gasteiger partial charge in [0.15, 0.2) is 0 Å². The molecule has 0 aliphatic heterocycles. The molecule has 0 saturated heterocycles. The zero-order valence-corrected chi connectivity index (χ0v) is 11.3. The Kier molecular flexibility index (Phi) is 4.19. The number of rotatable bonds is 4. The van der Waals surface area contributed by atoms with E-state index in [-0.39, 0.29) is 17.9 Å². The molecule has 1 amide bonds.